The first kappa shape index (κ1) is 26.8. The highest BCUT2D eigenvalue weighted by atomic mass is 35.5. The number of rotatable bonds is 7. The minimum atomic E-state index is -4.01. The smallest absolute Gasteiger partial charge is 0.263 e. The molecule has 5 rings (SSSR count). The monoisotopic (exact) mass is 592 g/mol. The first-order chi connectivity index (χ1) is 18.1. The number of aromatic nitrogens is 2. The fraction of sp³-hybridized carbons (Fsp3) is 0.200. The van der Waals surface area contributed by atoms with Crippen molar-refractivity contribution < 1.29 is 21.6 Å². The van der Waals surface area contributed by atoms with E-state index in [0.717, 1.165) is 0 Å². The molecule has 1 fully saturated rings. The molecule has 1 N–H and O–H groups in total. The predicted molar refractivity (Wildman–Crippen MR) is 146 cm³/mol. The van der Waals surface area contributed by atoms with Crippen molar-refractivity contribution in [2.45, 2.75) is 16.2 Å². The molecule has 0 atom stereocenters. The fourth-order valence-electron chi connectivity index (χ4n) is 4.02. The average molecular weight is 594 g/mol. The minimum Gasteiger partial charge on any atom is -0.379 e. The van der Waals surface area contributed by atoms with Crippen molar-refractivity contribution in [1.29, 1.82) is 0 Å². The van der Waals surface area contributed by atoms with Crippen LogP contribution in [0.5, 0.6) is 0 Å². The Hall–Kier alpha value is -2.80. The van der Waals surface area contributed by atoms with Gasteiger partial charge in [0, 0.05) is 24.5 Å². The van der Waals surface area contributed by atoms with E-state index in [1.54, 1.807) is 30.3 Å². The quantitative estimate of drug-likeness (QED) is 0.339. The van der Waals surface area contributed by atoms with E-state index in [1.807, 2.05) is 0 Å². The van der Waals surface area contributed by atoms with E-state index < -0.39 is 20.0 Å². The molecule has 13 heteroatoms. The van der Waals surface area contributed by atoms with Gasteiger partial charge in [0.25, 0.3) is 10.0 Å². The first-order valence-corrected chi connectivity index (χ1v) is 15.2. The van der Waals surface area contributed by atoms with E-state index in [4.69, 9.17) is 27.9 Å². The van der Waals surface area contributed by atoms with Gasteiger partial charge in [-0.05, 0) is 54.1 Å². The molecule has 1 aromatic heterocycles. The van der Waals surface area contributed by atoms with Crippen molar-refractivity contribution in [2.75, 3.05) is 31.0 Å². The van der Waals surface area contributed by atoms with Crippen LogP contribution in [-0.4, -0.2) is 57.4 Å². The van der Waals surface area contributed by atoms with Crippen LogP contribution in [0.15, 0.2) is 76.5 Å². The number of benzene rings is 3. The van der Waals surface area contributed by atoms with Crippen molar-refractivity contribution in [2.24, 2.45) is 0 Å². The number of hydrogen-bond acceptors (Lipinski definition) is 7. The van der Waals surface area contributed by atoms with Crippen LogP contribution in [0.4, 0.5) is 5.82 Å². The number of fused-ring (bicyclic) bond motifs is 1. The fourth-order valence-corrected chi connectivity index (χ4v) is 7.11. The number of anilines is 1. The minimum absolute atomic E-state index is 0.00759. The van der Waals surface area contributed by atoms with Crippen LogP contribution < -0.4 is 4.72 Å². The van der Waals surface area contributed by atoms with E-state index in [0.29, 0.717) is 40.5 Å². The highest BCUT2D eigenvalue weighted by Gasteiger charge is 2.29. The SMILES string of the molecule is O=S(=O)(Nc1nc2ccccc2nc1Cc1ccc(Cl)c(S(=O)(=O)N2CCOCC2)c1)c1ccc(Cl)cc1. The van der Waals surface area contributed by atoms with E-state index >= 15 is 0 Å². The number of morpholine rings is 1. The number of hydrogen-bond donors (Lipinski definition) is 1. The molecule has 0 radical (unpaired) electrons. The molecular weight excluding hydrogens is 571 g/mol. The molecule has 1 aliphatic heterocycles. The Balaban J connectivity index is 1.53. The second-order valence-corrected chi connectivity index (χ2v) is 13.0. The average Bonchev–Trinajstić information content (AvgIpc) is 2.90. The number of nitrogens with one attached hydrogen (secondary N) is 1. The van der Waals surface area contributed by atoms with Gasteiger partial charge in [-0.15, -0.1) is 0 Å². The van der Waals surface area contributed by atoms with Gasteiger partial charge >= 0.3 is 0 Å². The van der Waals surface area contributed by atoms with Crippen LogP contribution in [0, 0.1) is 0 Å². The lowest BCUT2D eigenvalue weighted by Crippen LogP contribution is -2.40. The normalized spacial score (nSPS) is 15.0. The van der Waals surface area contributed by atoms with E-state index in [9.17, 15) is 16.8 Å². The van der Waals surface area contributed by atoms with Gasteiger partial charge in [-0.3, -0.25) is 4.72 Å². The molecule has 3 aromatic carbocycles. The summed E-state index contributed by atoms with van der Waals surface area (Å²) in [5.74, 6) is 0.0335. The van der Waals surface area contributed by atoms with Crippen molar-refractivity contribution in [3.8, 4) is 0 Å². The number of halogens is 2. The third kappa shape index (κ3) is 5.63. The maximum Gasteiger partial charge on any atom is 0.263 e. The number of nitrogens with zero attached hydrogens (tertiary/aromatic N) is 3. The molecular formula is C25H22Cl2N4O5S2. The molecule has 0 unspecified atom stereocenters. The summed E-state index contributed by atoms with van der Waals surface area (Å²) in [5.41, 5.74) is 1.94. The lowest BCUT2D eigenvalue weighted by Gasteiger charge is -2.26. The molecule has 9 nitrogen and oxygen atoms in total. The summed E-state index contributed by atoms with van der Waals surface area (Å²) in [5, 5.41) is 0.495. The van der Waals surface area contributed by atoms with Gasteiger partial charge in [-0.1, -0.05) is 41.4 Å². The zero-order valence-corrected chi connectivity index (χ0v) is 23.0. The van der Waals surface area contributed by atoms with E-state index in [1.165, 1.54) is 40.7 Å². The van der Waals surface area contributed by atoms with Crippen molar-refractivity contribution in [3.05, 3.63) is 88.0 Å². The standard InChI is InChI=1S/C25H22Cl2N4O5S2/c26-18-6-8-19(9-7-18)37(32,33)30-25-23(28-21-3-1-2-4-22(21)29-25)15-17-5-10-20(27)24(16-17)38(34,35)31-11-13-36-14-12-31/h1-10,16H,11-15H2,(H,29,30). The summed E-state index contributed by atoms with van der Waals surface area (Å²) in [6.45, 7) is 1.08. The number of ether oxygens (including phenoxy) is 1. The zero-order chi connectivity index (χ0) is 26.9. The predicted octanol–water partition coefficient (Wildman–Crippen LogP) is 4.35. The Morgan fingerprint density at radius 1 is 0.868 bits per heavy atom. The molecule has 1 aliphatic rings. The molecule has 4 aromatic rings. The van der Waals surface area contributed by atoms with Gasteiger partial charge in [-0.2, -0.15) is 4.31 Å². The van der Waals surface area contributed by atoms with E-state index in [-0.39, 0.29) is 40.1 Å². The van der Waals surface area contributed by atoms with Gasteiger partial charge in [0.15, 0.2) is 5.82 Å². The first-order valence-electron chi connectivity index (χ1n) is 11.5. The third-order valence-corrected chi connectivity index (χ3v) is 9.94. The maximum absolute atomic E-state index is 13.3. The molecule has 38 heavy (non-hydrogen) atoms. The van der Waals surface area contributed by atoms with Crippen molar-refractivity contribution in [1.82, 2.24) is 14.3 Å². The lowest BCUT2D eigenvalue weighted by molar-refractivity contribution is 0.0730. The van der Waals surface area contributed by atoms with Crippen LogP contribution in [-0.2, 0) is 31.2 Å². The second-order valence-electron chi connectivity index (χ2n) is 8.53. The molecule has 0 bridgehead atoms. The van der Waals surface area contributed by atoms with Crippen molar-refractivity contribution in [3.63, 3.8) is 0 Å². The molecule has 0 amide bonds. The second kappa shape index (κ2) is 10.8. The maximum atomic E-state index is 13.3. The van der Waals surface area contributed by atoms with Crippen LogP contribution in [0.25, 0.3) is 11.0 Å². The zero-order valence-electron chi connectivity index (χ0n) is 19.8. The van der Waals surface area contributed by atoms with Crippen LogP contribution in [0.3, 0.4) is 0 Å². The van der Waals surface area contributed by atoms with Crippen molar-refractivity contribution >= 4 is 60.1 Å². The Labute approximate surface area is 230 Å². The van der Waals surface area contributed by atoms with E-state index in [2.05, 4.69) is 14.7 Å². The summed E-state index contributed by atoms with van der Waals surface area (Å²) in [6, 6.07) is 17.5. The summed E-state index contributed by atoms with van der Waals surface area (Å²) < 4.78 is 61.9. The highest BCUT2D eigenvalue weighted by molar-refractivity contribution is 7.92. The summed E-state index contributed by atoms with van der Waals surface area (Å²) in [4.78, 5) is 9.14. The summed E-state index contributed by atoms with van der Waals surface area (Å²) >= 11 is 12.2. The Morgan fingerprint density at radius 3 is 2.21 bits per heavy atom. The molecule has 0 saturated carbocycles. The summed E-state index contributed by atoms with van der Waals surface area (Å²) in [6.07, 6.45) is 0.0963. The Bertz CT molecular complexity index is 1710. The van der Waals surface area contributed by atoms with Gasteiger partial charge in [0.2, 0.25) is 10.0 Å². The molecule has 0 spiro atoms. The van der Waals surface area contributed by atoms with Gasteiger partial charge in [0.1, 0.15) is 4.90 Å². The topological polar surface area (TPSA) is 119 Å². The lowest BCUT2D eigenvalue weighted by atomic mass is 10.1. The number of sulfonamides is 2. The van der Waals surface area contributed by atoms with Crippen LogP contribution in [0.1, 0.15) is 11.3 Å². The third-order valence-electron chi connectivity index (χ3n) is 5.95. The van der Waals surface area contributed by atoms with Crippen LogP contribution >= 0.6 is 23.2 Å². The Kier molecular flexibility index (Phi) is 7.58. The number of para-hydroxylation sites is 2. The van der Waals surface area contributed by atoms with Crippen LogP contribution in [0.2, 0.25) is 10.0 Å². The molecule has 0 aliphatic carbocycles. The van der Waals surface area contributed by atoms with Gasteiger partial charge in [-0.25, -0.2) is 26.8 Å². The molecule has 2 heterocycles. The summed E-state index contributed by atoms with van der Waals surface area (Å²) in [7, 11) is -7.87. The molecule has 198 valence electrons. The largest absolute Gasteiger partial charge is 0.379 e. The van der Waals surface area contributed by atoms with Gasteiger partial charge in [0.05, 0.1) is 39.9 Å². The molecule has 1 saturated heterocycles. The Morgan fingerprint density at radius 2 is 1.53 bits per heavy atom. The van der Waals surface area contributed by atoms with Gasteiger partial charge < -0.3 is 4.74 Å². The highest BCUT2D eigenvalue weighted by Crippen LogP contribution is 2.29.